The summed E-state index contributed by atoms with van der Waals surface area (Å²) in [5.41, 5.74) is 9.14. The first kappa shape index (κ1) is 12.3. The van der Waals surface area contributed by atoms with Crippen LogP contribution in [-0.2, 0) is 0 Å². The maximum atomic E-state index is 5.73. The van der Waals surface area contributed by atoms with E-state index in [1.54, 1.807) is 0 Å². The number of nitrogens with two attached hydrogens (primary N) is 1. The molecule has 0 spiro atoms. The van der Waals surface area contributed by atoms with Crippen molar-refractivity contribution in [3.8, 4) is 0 Å². The van der Waals surface area contributed by atoms with Crippen molar-refractivity contribution in [1.82, 2.24) is 0 Å². The predicted octanol–water partition coefficient (Wildman–Crippen LogP) is 3.25. The second kappa shape index (κ2) is 5.00. The first-order chi connectivity index (χ1) is 8.11. The lowest BCUT2D eigenvalue weighted by Gasteiger charge is -2.20. The zero-order chi connectivity index (χ0) is 12.4. The smallest absolute Gasteiger partial charge is 0.123 e. The van der Waals surface area contributed by atoms with Crippen LogP contribution in [-0.4, -0.2) is 11.5 Å². The minimum atomic E-state index is 0.382. The van der Waals surface area contributed by atoms with Crippen LogP contribution in [0.15, 0.2) is 32.9 Å². The standard InChI is InChI=1S/C13H16BrN3/c1-3-9-7-12(15)16-17-13(9)10-4-5-11(14)8(2)6-10/h4-6,9H,3,7H2,1-2H3,(H2,15,16). The number of aryl methyl sites for hydroxylation is 1. The largest absolute Gasteiger partial charge is 0.386 e. The summed E-state index contributed by atoms with van der Waals surface area (Å²) in [4.78, 5) is 0. The third-order valence-corrected chi connectivity index (χ3v) is 3.96. The molecular weight excluding hydrogens is 278 g/mol. The lowest BCUT2D eigenvalue weighted by Crippen LogP contribution is -2.26. The molecule has 1 atom stereocenters. The van der Waals surface area contributed by atoms with E-state index in [-0.39, 0.29) is 0 Å². The van der Waals surface area contributed by atoms with Crippen molar-refractivity contribution < 1.29 is 0 Å². The Labute approximate surface area is 110 Å². The van der Waals surface area contributed by atoms with Gasteiger partial charge in [0.05, 0.1) is 5.71 Å². The van der Waals surface area contributed by atoms with E-state index in [0.29, 0.717) is 11.8 Å². The van der Waals surface area contributed by atoms with Crippen LogP contribution < -0.4 is 5.73 Å². The molecule has 0 amide bonds. The molecule has 0 aromatic heterocycles. The summed E-state index contributed by atoms with van der Waals surface area (Å²) in [6.07, 6.45) is 1.84. The van der Waals surface area contributed by atoms with E-state index in [2.05, 4.69) is 58.2 Å². The second-order valence-electron chi connectivity index (χ2n) is 4.35. The SMILES string of the molecule is CCC1CC(N)=NN=C1c1ccc(Br)c(C)c1. The van der Waals surface area contributed by atoms with Crippen LogP contribution in [0.5, 0.6) is 0 Å². The van der Waals surface area contributed by atoms with Crippen LogP contribution in [0.2, 0.25) is 0 Å². The van der Waals surface area contributed by atoms with Crippen molar-refractivity contribution >= 4 is 27.5 Å². The van der Waals surface area contributed by atoms with Crippen molar-refractivity contribution in [2.75, 3.05) is 0 Å². The quantitative estimate of drug-likeness (QED) is 0.894. The highest BCUT2D eigenvalue weighted by Crippen LogP contribution is 2.24. The Kier molecular flexibility index (Phi) is 3.62. The first-order valence-electron chi connectivity index (χ1n) is 5.78. The fraction of sp³-hybridized carbons (Fsp3) is 0.385. The molecule has 4 heteroatoms. The molecule has 1 unspecified atom stereocenters. The zero-order valence-electron chi connectivity index (χ0n) is 10.1. The summed E-state index contributed by atoms with van der Waals surface area (Å²) in [6, 6.07) is 6.28. The van der Waals surface area contributed by atoms with Gasteiger partial charge in [-0.15, -0.1) is 5.10 Å². The molecule has 0 bridgehead atoms. The Hall–Kier alpha value is -1.16. The Morgan fingerprint density at radius 2 is 2.18 bits per heavy atom. The van der Waals surface area contributed by atoms with Crippen LogP contribution >= 0.6 is 15.9 Å². The number of benzene rings is 1. The molecule has 0 saturated carbocycles. The number of rotatable bonds is 2. The number of halogens is 1. The first-order valence-corrected chi connectivity index (χ1v) is 6.57. The van der Waals surface area contributed by atoms with E-state index < -0.39 is 0 Å². The monoisotopic (exact) mass is 293 g/mol. The molecule has 0 saturated heterocycles. The van der Waals surface area contributed by atoms with Crippen LogP contribution in [0.4, 0.5) is 0 Å². The Morgan fingerprint density at radius 3 is 2.82 bits per heavy atom. The fourth-order valence-electron chi connectivity index (χ4n) is 2.02. The Morgan fingerprint density at radius 1 is 1.41 bits per heavy atom. The molecular formula is C13H16BrN3. The zero-order valence-corrected chi connectivity index (χ0v) is 11.7. The van der Waals surface area contributed by atoms with Gasteiger partial charge in [-0.25, -0.2) is 0 Å². The molecule has 1 aliphatic rings. The van der Waals surface area contributed by atoms with E-state index in [4.69, 9.17) is 5.73 Å². The summed E-state index contributed by atoms with van der Waals surface area (Å²) < 4.78 is 1.12. The van der Waals surface area contributed by atoms with Crippen molar-refractivity contribution in [3.63, 3.8) is 0 Å². The molecule has 1 heterocycles. The van der Waals surface area contributed by atoms with Gasteiger partial charge in [0.15, 0.2) is 0 Å². The average Bonchev–Trinajstić information content (AvgIpc) is 2.32. The van der Waals surface area contributed by atoms with E-state index in [1.165, 1.54) is 5.56 Å². The van der Waals surface area contributed by atoms with Gasteiger partial charge in [0.25, 0.3) is 0 Å². The number of hydrogen-bond acceptors (Lipinski definition) is 3. The van der Waals surface area contributed by atoms with E-state index in [1.807, 2.05) is 0 Å². The molecule has 2 rings (SSSR count). The predicted molar refractivity (Wildman–Crippen MR) is 75.4 cm³/mol. The Balaban J connectivity index is 2.40. The molecule has 0 radical (unpaired) electrons. The van der Waals surface area contributed by atoms with Crippen LogP contribution in [0, 0.1) is 12.8 Å². The number of hydrogen-bond donors (Lipinski definition) is 1. The second-order valence-corrected chi connectivity index (χ2v) is 5.20. The van der Waals surface area contributed by atoms with Crippen LogP contribution in [0.3, 0.4) is 0 Å². The third-order valence-electron chi connectivity index (χ3n) is 3.07. The Bertz CT molecular complexity index is 491. The molecule has 1 aromatic carbocycles. The molecule has 0 fully saturated rings. The minimum Gasteiger partial charge on any atom is -0.386 e. The van der Waals surface area contributed by atoms with Gasteiger partial charge in [0.2, 0.25) is 0 Å². The lowest BCUT2D eigenvalue weighted by atomic mass is 9.90. The van der Waals surface area contributed by atoms with Gasteiger partial charge in [-0.3, -0.25) is 0 Å². The average molecular weight is 294 g/mol. The summed E-state index contributed by atoms with van der Waals surface area (Å²) in [5, 5.41) is 8.28. The highest BCUT2D eigenvalue weighted by atomic mass is 79.9. The van der Waals surface area contributed by atoms with Crippen molar-refractivity contribution in [1.29, 1.82) is 0 Å². The van der Waals surface area contributed by atoms with Gasteiger partial charge >= 0.3 is 0 Å². The van der Waals surface area contributed by atoms with E-state index in [9.17, 15) is 0 Å². The molecule has 2 N–H and O–H groups in total. The molecule has 3 nitrogen and oxygen atoms in total. The maximum Gasteiger partial charge on any atom is 0.123 e. The fourth-order valence-corrected chi connectivity index (χ4v) is 2.27. The van der Waals surface area contributed by atoms with Gasteiger partial charge in [0, 0.05) is 16.8 Å². The van der Waals surface area contributed by atoms with Crippen LogP contribution in [0.1, 0.15) is 30.9 Å². The minimum absolute atomic E-state index is 0.382. The van der Waals surface area contributed by atoms with Crippen molar-refractivity contribution in [3.05, 3.63) is 33.8 Å². The van der Waals surface area contributed by atoms with Crippen molar-refractivity contribution in [2.45, 2.75) is 26.7 Å². The summed E-state index contributed by atoms with van der Waals surface area (Å²) in [6.45, 7) is 4.24. The van der Waals surface area contributed by atoms with Crippen molar-refractivity contribution in [2.24, 2.45) is 21.9 Å². The summed E-state index contributed by atoms with van der Waals surface area (Å²) in [5.74, 6) is 1.02. The highest BCUT2D eigenvalue weighted by molar-refractivity contribution is 9.10. The topological polar surface area (TPSA) is 50.7 Å². The highest BCUT2D eigenvalue weighted by Gasteiger charge is 2.21. The molecule has 1 aliphatic heterocycles. The van der Waals surface area contributed by atoms with Gasteiger partial charge in [0.1, 0.15) is 5.84 Å². The normalized spacial score (nSPS) is 19.8. The number of amidine groups is 1. The summed E-state index contributed by atoms with van der Waals surface area (Å²) in [7, 11) is 0. The van der Waals surface area contributed by atoms with Gasteiger partial charge in [-0.2, -0.15) is 5.10 Å². The molecule has 1 aromatic rings. The molecule has 17 heavy (non-hydrogen) atoms. The summed E-state index contributed by atoms with van der Waals surface area (Å²) >= 11 is 3.51. The van der Waals surface area contributed by atoms with Crippen LogP contribution in [0.25, 0.3) is 0 Å². The van der Waals surface area contributed by atoms with E-state index in [0.717, 1.165) is 28.6 Å². The van der Waals surface area contributed by atoms with Gasteiger partial charge in [-0.1, -0.05) is 28.9 Å². The van der Waals surface area contributed by atoms with E-state index >= 15 is 0 Å². The third kappa shape index (κ3) is 2.57. The van der Waals surface area contributed by atoms with Gasteiger partial charge in [-0.05, 0) is 36.6 Å². The maximum absolute atomic E-state index is 5.73. The molecule has 0 aliphatic carbocycles. The number of nitrogens with zero attached hydrogens (tertiary/aromatic N) is 2. The molecule has 90 valence electrons. The lowest BCUT2D eigenvalue weighted by molar-refractivity contribution is 0.677. The van der Waals surface area contributed by atoms with Gasteiger partial charge < -0.3 is 5.73 Å².